The molecule has 1 amide bonds. The Balaban J connectivity index is 1.89. The second-order valence-electron chi connectivity index (χ2n) is 7.74. The molecule has 8 nitrogen and oxygen atoms in total. The number of aldehydes is 1. The summed E-state index contributed by atoms with van der Waals surface area (Å²) in [5, 5.41) is 14.1. The number of carbonyl (C=O) groups excluding carboxylic acids is 3. The number of para-hydroxylation sites is 1. The maximum absolute atomic E-state index is 13.5. The third-order valence-corrected chi connectivity index (χ3v) is 8.53. The van der Waals surface area contributed by atoms with Crippen LogP contribution in [0.3, 0.4) is 0 Å². The van der Waals surface area contributed by atoms with Gasteiger partial charge in [0.2, 0.25) is 5.91 Å². The van der Waals surface area contributed by atoms with Crippen LogP contribution < -0.4 is 5.32 Å². The first-order valence-electron chi connectivity index (χ1n) is 9.84. The van der Waals surface area contributed by atoms with Crippen LogP contribution in [-0.2, 0) is 23.9 Å². The van der Waals surface area contributed by atoms with Gasteiger partial charge in [-0.1, -0.05) is 24.3 Å². The first kappa shape index (κ1) is 22.5. The van der Waals surface area contributed by atoms with Crippen molar-refractivity contribution in [2.75, 3.05) is 18.2 Å². The molecule has 166 valence electrons. The molecule has 2 aromatic rings. The first-order valence-corrected chi connectivity index (χ1v) is 11.6. The third-order valence-electron chi connectivity index (χ3n) is 6.16. The van der Waals surface area contributed by atoms with Gasteiger partial charge in [-0.15, -0.1) is 11.8 Å². The maximum Gasteiger partial charge on any atom is 0.305 e. The van der Waals surface area contributed by atoms with Crippen molar-refractivity contribution in [1.82, 2.24) is 0 Å². The highest BCUT2D eigenvalue weighted by Gasteiger charge is 2.60. The number of nitro groups is 1. The number of rotatable bonds is 5. The molecule has 1 fully saturated rings. The summed E-state index contributed by atoms with van der Waals surface area (Å²) in [4.78, 5) is 48.6. The van der Waals surface area contributed by atoms with Crippen molar-refractivity contribution in [2.45, 2.75) is 17.1 Å². The van der Waals surface area contributed by atoms with E-state index < -0.39 is 27.5 Å². The monoisotopic (exact) mass is 518 g/mol. The van der Waals surface area contributed by atoms with E-state index in [1.165, 1.54) is 31.0 Å². The molecule has 1 N–H and O–H groups in total. The van der Waals surface area contributed by atoms with E-state index in [4.69, 9.17) is 4.74 Å². The number of ether oxygens (including phenoxy) is 1. The SMILES string of the molecule is COC(=O)CC1CSC2(C(=O)Nc3c(Br)cccc32)C(c2ccc([N+](=O)[O-])cc2)C1C=O. The molecule has 0 aliphatic carbocycles. The maximum atomic E-state index is 13.5. The summed E-state index contributed by atoms with van der Waals surface area (Å²) >= 11 is 4.88. The van der Waals surface area contributed by atoms with Gasteiger partial charge in [0, 0.05) is 40.4 Å². The van der Waals surface area contributed by atoms with E-state index in [0.29, 0.717) is 17.0 Å². The van der Waals surface area contributed by atoms with E-state index in [0.717, 1.165) is 16.3 Å². The van der Waals surface area contributed by atoms with Crippen molar-refractivity contribution >= 4 is 57.2 Å². The van der Waals surface area contributed by atoms with Gasteiger partial charge in [0.25, 0.3) is 5.69 Å². The van der Waals surface area contributed by atoms with Gasteiger partial charge in [-0.3, -0.25) is 19.7 Å². The zero-order valence-corrected chi connectivity index (χ0v) is 19.4. The van der Waals surface area contributed by atoms with E-state index in [1.807, 2.05) is 18.2 Å². The molecular weight excluding hydrogens is 500 g/mol. The number of amides is 1. The molecule has 32 heavy (non-hydrogen) atoms. The molecule has 0 aromatic heterocycles. The summed E-state index contributed by atoms with van der Waals surface area (Å²) in [6.07, 6.45) is 0.837. The van der Waals surface area contributed by atoms with Crippen LogP contribution in [0.25, 0.3) is 0 Å². The van der Waals surface area contributed by atoms with Crippen LogP contribution in [0.2, 0.25) is 0 Å². The number of hydrogen-bond acceptors (Lipinski definition) is 7. The van der Waals surface area contributed by atoms with E-state index in [1.54, 1.807) is 12.1 Å². The van der Waals surface area contributed by atoms with Crippen LogP contribution in [0.5, 0.6) is 0 Å². The number of esters is 1. The third kappa shape index (κ3) is 3.51. The second kappa shape index (κ2) is 8.67. The number of methoxy groups -OCH3 is 1. The van der Waals surface area contributed by atoms with Crippen LogP contribution in [0.4, 0.5) is 11.4 Å². The van der Waals surface area contributed by atoms with Crippen LogP contribution in [0.1, 0.15) is 23.5 Å². The van der Waals surface area contributed by atoms with Crippen LogP contribution >= 0.6 is 27.7 Å². The highest BCUT2D eigenvalue weighted by Crippen LogP contribution is 2.62. The number of anilines is 1. The highest BCUT2D eigenvalue weighted by atomic mass is 79.9. The normalized spacial score (nSPS) is 26.3. The van der Waals surface area contributed by atoms with Crippen molar-refractivity contribution in [3.8, 4) is 0 Å². The molecule has 2 aromatic carbocycles. The molecule has 10 heteroatoms. The molecule has 2 aliphatic heterocycles. The van der Waals surface area contributed by atoms with E-state index >= 15 is 0 Å². The lowest BCUT2D eigenvalue weighted by atomic mass is 9.68. The number of nitrogens with zero attached hydrogens (tertiary/aromatic N) is 1. The molecule has 0 saturated carbocycles. The van der Waals surface area contributed by atoms with Crippen LogP contribution in [0, 0.1) is 22.0 Å². The molecule has 4 rings (SSSR count). The van der Waals surface area contributed by atoms with Gasteiger partial charge in [-0.25, -0.2) is 0 Å². The number of hydrogen-bond donors (Lipinski definition) is 1. The molecule has 1 spiro atoms. The lowest BCUT2D eigenvalue weighted by Crippen LogP contribution is -2.48. The minimum absolute atomic E-state index is 0.0411. The van der Waals surface area contributed by atoms with Gasteiger partial charge in [-0.05, 0) is 39.2 Å². The molecule has 1 saturated heterocycles. The van der Waals surface area contributed by atoms with Crippen molar-refractivity contribution in [3.63, 3.8) is 0 Å². The zero-order chi connectivity index (χ0) is 23.0. The van der Waals surface area contributed by atoms with Crippen molar-refractivity contribution in [3.05, 3.63) is 68.2 Å². The summed E-state index contributed by atoms with van der Waals surface area (Å²) < 4.78 is 4.42. The van der Waals surface area contributed by atoms with E-state index in [-0.39, 0.29) is 23.9 Å². The smallest absolute Gasteiger partial charge is 0.305 e. The van der Waals surface area contributed by atoms with Gasteiger partial charge >= 0.3 is 5.97 Å². The summed E-state index contributed by atoms with van der Waals surface area (Å²) in [5.41, 5.74) is 1.93. The Bertz CT molecular complexity index is 1110. The molecule has 0 radical (unpaired) electrons. The summed E-state index contributed by atoms with van der Waals surface area (Å²) in [5.74, 6) is -1.94. The fourth-order valence-electron chi connectivity index (χ4n) is 4.67. The molecule has 2 aliphatic rings. The van der Waals surface area contributed by atoms with Crippen LogP contribution in [-0.4, -0.2) is 35.9 Å². The highest BCUT2D eigenvalue weighted by molar-refractivity contribution is 9.10. The predicted octanol–water partition coefficient (Wildman–Crippen LogP) is 4.03. The Kier molecular flexibility index (Phi) is 6.09. The fourth-order valence-corrected chi connectivity index (χ4v) is 6.93. The minimum atomic E-state index is -1.12. The Hall–Kier alpha value is -2.72. The lowest BCUT2D eigenvalue weighted by Gasteiger charge is -2.46. The minimum Gasteiger partial charge on any atom is -0.469 e. The standard InChI is InChI=1S/C22H19BrN2O6S/c1-31-18(27)9-13-11-32-22(16-3-2-4-17(23)20(16)24-21(22)28)19(15(13)10-26)12-5-7-14(8-6-12)25(29)30/h2-8,10,13,15,19H,9,11H2,1H3,(H,24,28). The van der Waals surface area contributed by atoms with Gasteiger partial charge in [0.1, 0.15) is 11.0 Å². The number of non-ortho nitro benzene ring substituents is 1. The molecular formula is C22H19BrN2O6S. The number of halogens is 1. The van der Waals surface area contributed by atoms with Gasteiger partial charge in [0.05, 0.1) is 17.7 Å². The first-order chi connectivity index (χ1) is 15.3. The Labute approximate surface area is 196 Å². The molecule has 0 bridgehead atoms. The Morgan fingerprint density at radius 1 is 1.34 bits per heavy atom. The second-order valence-corrected chi connectivity index (χ2v) is 9.86. The topological polar surface area (TPSA) is 116 Å². The van der Waals surface area contributed by atoms with Gasteiger partial charge < -0.3 is 14.8 Å². The summed E-state index contributed by atoms with van der Waals surface area (Å²) in [7, 11) is 1.29. The number of fused-ring (bicyclic) bond motifs is 2. The average Bonchev–Trinajstić information content (AvgIpc) is 3.07. The van der Waals surface area contributed by atoms with Crippen molar-refractivity contribution in [2.24, 2.45) is 11.8 Å². The zero-order valence-electron chi connectivity index (χ0n) is 16.9. The van der Waals surface area contributed by atoms with Crippen molar-refractivity contribution < 1.29 is 24.0 Å². The quantitative estimate of drug-likeness (QED) is 0.275. The van der Waals surface area contributed by atoms with Gasteiger partial charge in [0.15, 0.2) is 0 Å². The summed E-state index contributed by atoms with van der Waals surface area (Å²) in [6, 6.07) is 11.4. The molecule has 2 heterocycles. The fraction of sp³-hybridized carbons (Fsp3) is 0.318. The number of carbonyl (C=O) groups is 3. The van der Waals surface area contributed by atoms with Crippen molar-refractivity contribution in [1.29, 1.82) is 0 Å². The predicted molar refractivity (Wildman–Crippen MR) is 122 cm³/mol. The number of nitro benzene ring substituents is 1. The van der Waals surface area contributed by atoms with Crippen LogP contribution in [0.15, 0.2) is 46.9 Å². The van der Waals surface area contributed by atoms with E-state index in [2.05, 4.69) is 21.2 Å². The van der Waals surface area contributed by atoms with E-state index in [9.17, 15) is 24.5 Å². The molecule has 4 unspecified atom stereocenters. The average molecular weight is 519 g/mol. The number of benzene rings is 2. The van der Waals surface area contributed by atoms with Gasteiger partial charge in [-0.2, -0.15) is 0 Å². The lowest BCUT2D eigenvalue weighted by molar-refractivity contribution is -0.384. The Morgan fingerprint density at radius 3 is 2.69 bits per heavy atom. The number of nitrogens with one attached hydrogen (secondary N) is 1. The largest absolute Gasteiger partial charge is 0.469 e. The molecule has 4 atom stereocenters. The number of thioether (sulfide) groups is 1. The Morgan fingerprint density at radius 2 is 2.06 bits per heavy atom. The summed E-state index contributed by atoms with van der Waals surface area (Å²) in [6.45, 7) is 0.